The zero-order valence-electron chi connectivity index (χ0n) is 48.6. The number of nitrogens with one attached hydrogen (secondary N) is 1. The van der Waals surface area contributed by atoms with Crippen molar-refractivity contribution in [2.75, 3.05) is 31.3 Å². The molecule has 12 nitrogen and oxygen atoms in total. The van der Waals surface area contributed by atoms with Crippen LogP contribution in [0.5, 0.6) is 0 Å². The Kier molecular flexibility index (Phi) is 35.4. The smallest absolute Gasteiger partial charge is 0.407 e. The number of carbonyl (C=O) groups is 6. The third-order valence-electron chi connectivity index (χ3n) is 12.6. The molecule has 0 radical (unpaired) electrons. The van der Waals surface area contributed by atoms with E-state index in [0.29, 0.717) is 51.1 Å². The van der Waals surface area contributed by atoms with Crippen LogP contribution in [0, 0.1) is 5.92 Å². The number of fused-ring (bicyclic) bond motifs is 3. The number of benzene rings is 2. The SMILES string of the molecule is CCCCCCCC(=O)SCC/C=C/[C@@H](O)CC(=O)OCC[Si](C)(C)C.CCCCCCCC(=O)SCC/C=C/[C@H](CC(=O)OCC[Si](C)(C)C)OC(=O)[C@H](CC(C)C)NC(=O)OCC1c2ccccc2-c2ccccc21. The second kappa shape index (κ2) is 39.4. The van der Waals surface area contributed by atoms with E-state index < -0.39 is 52.4 Å². The Labute approximate surface area is 474 Å². The average Bonchev–Trinajstić information content (AvgIpc) is 3.68. The van der Waals surface area contributed by atoms with Crippen LogP contribution < -0.4 is 5.32 Å². The van der Waals surface area contributed by atoms with Crippen LogP contribution in [0.1, 0.15) is 154 Å². The number of amides is 1. The molecule has 0 saturated heterocycles. The summed E-state index contributed by atoms with van der Waals surface area (Å²) in [7, 11) is -2.60. The molecule has 0 heterocycles. The van der Waals surface area contributed by atoms with E-state index in [-0.39, 0.29) is 47.5 Å². The van der Waals surface area contributed by atoms with E-state index >= 15 is 0 Å². The summed E-state index contributed by atoms with van der Waals surface area (Å²) < 4.78 is 22.2. The van der Waals surface area contributed by atoms with E-state index in [4.69, 9.17) is 18.9 Å². The van der Waals surface area contributed by atoms with Crippen molar-refractivity contribution >= 4 is 73.9 Å². The number of unbranched alkanes of at least 4 members (excludes halogenated alkanes) is 8. The number of aliphatic hydroxyl groups is 1. The fourth-order valence-electron chi connectivity index (χ4n) is 8.18. The van der Waals surface area contributed by atoms with Gasteiger partial charge in [-0.3, -0.25) is 19.2 Å². The lowest BCUT2D eigenvalue weighted by molar-refractivity contribution is -0.154. The van der Waals surface area contributed by atoms with Gasteiger partial charge in [0.05, 0.1) is 32.2 Å². The van der Waals surface area contributed by atoms with Crippen molar-refractivity contribution in [1.29, 1.82) is 0 Å². The Morgan fingerprint density at radius 1 is 0.636 bits per heavy atom. The molecule has 0 unspecified atom stereocenters. The zero-order valence-corrected chi connectivity index (χ0v) is 52.3. The third-order valence-corrected chi connectivity index (χ3v) is 18.0. The summed E-state index contributed by atoms with van der Waals surface area (Å²) in [5.41, 5.74) is 4.45. The van der Waals surface area contributed by atoms with E-state index in [1.54, 1.807) is 12.2 Å². The highest BCUT2D eigenvalue weighted by atomic mass is 32.2. The summed E-state index contributed by atoms with van der Waals surface area (Å²) in [6.45, 7) is 22.5. The van der Waals surface area contributed by atoms with Crippen LogP contribution in [0.4, 0.5) is 4.79 Å². The standard InChI is InChI=1S/C41H59NO7SSi.C20H38O4SSi/c1-7-8-9-10-11-23-39(44)50-25-17-16-18-31(28-38(43)47-24-26-51(4,5)6)49-40(45)37(27-30(2)3)42-41(46)48-29-36-34-21-14-12-19-32(34)33-20-13-15-22-35(33)36;1-5-6-7-8-9-13-20(23)25-15-11-10-12-18(21)17-19(22)24-14-16-26(2,3)4/h12-16,18-22,30-31,36-37H,7-11,17,23-29H2,1-6H3,(H,42,46);10,12,18,21H,5-9,11,13-17H2,1-4H3/b18-16+;12-10+/t31-,37+;18-/m11/s1. The summed E-state index contributed by atoms with van der Waals surface area (Å²) in [4.78, 5) is 75.1. The highest BCUT2D eigenvalue weighted by Crippen LogP contribution is 2.44. The number of alkyl carbamates (subject to hydrolysis) is 1. The predicted octanol–water partition coefficient (Wildman–Crippen LogP) is 14.9. The Hall–Kier alpha value is -3.97. The first-order valence-electron chi connectivity index (χ1n) is 28.6. The molecule has 2 aromatic rings. The van der Waals surface area contributed by atoms with E-state index in [9.17, 15) is 33.9 Å². The summed E-state index contributed by atoms with van der Waals surface area (Å²) in [5.74, 6) is -0.170. The molecule has 3 atom stereocenters. The maximum Gasteiger partial charge on any atom is 0.407 e. The molecular weight excluding hydrogens is 1040 g/mol. The highest BCUT2D eigenvalue weighted by Gasteiger charge is 2.31. The van der Waals surface area contributed by atoms with Crippen molar-refractivity contribution in [2.45, 2.75) is 212 Å². The van der Waals surface area contributed by atoms with Gasteiger partial charge in [-0.1, -0.05) is 209 Å². The van der Waals surface area contributed by atoms with Crippen molar-refractivity contribution in [3.05, 3.63) is 84.0 Å². The van der Waals surface area contributed by atoms with Crippen LogP contribution in [0.25, 0.3) is 11.1 Å². The highest BCUT2D eigenvalue weighted by molar-refractivity contribution is 8.13. The monoisotopic (exact) mass is 1140 g/mol. The number of hydrogen-bond donors (Lipinski definition) is 2. The van der Waals surface area contributed by atoms with Gasteiger partial charge >= 0.3 is 24.0 Å². The van der Waals surface area contributed by atoms with E-state index in [0.717, 1.165) is 72.2 Å². The van der Waals surface area contributed by atoms with Crippen LogP contribution in [0.2, 0.25) is 51.4 Å². The van der Waals surface area contributed by atoms with Crippen molar-refractivity contribution in [1.82, 2.24) is 5.32 Å². The Morgan fingerprint density at radius 2 is 1.10 bits per heavy atom. The van der Waals surface area contributed by atoms with Crippen LogP contribution in [0.15, 0.2) is 72.8 Å². The van der Waals surface area contributed by atoms with Crippen molar-refractivity contribution in [3.63, 3.8) is 0 Å². The number of allylic oxidation sites excluding steroid dienone is 2. The first kappa shape index (κ1) is 69.1. The number of aliphatic hydroxyl groups excluding tert-OH is 1. The number of carbonyl (C=O) groups excluding carboxylic acids is 6. The molecule has 0 saturated carbocycles. The second-order valence-electron chi connectivity index (χ2n) is 22.9. The lowest BCUT2D eigenvalue weighted by Gasteiger charge is -2.23. The first-order valence-corrected chi connectivity index (χ1v) is 38.0. The van der Waals surface area contributed by atoms with Gasteiger partial charge in [-0.25, -0.2) is 9.59 Å². The number of rotatable bonds is 37. The van der Waals surface area contributed by atoms with Gasteiger partial charge < -0.3 is 29.4 Å². The van der Waals surface area contributed by atoms with Crippen molar-refractivity contribution < 1.29 is 52.8 Å². The molecule has 1 aliphatic carbocycles. The van der Waals surface area contributed by atoms with E-state index in [1.807, 2.05) is 50.3 Å². The fourth-order valence-corrected chi connectivity index (χ4v) is 11.2. The molecule has 0 fully saturated rings. The van der Waals surface area contributed by atoms with E-state index in [2.05, 4.69) is 82.7 Å². The van der Waals surface area contributed by atoms with Gasteiger partial charge in [0.2, 0.25) is 0 Å². The van der Waals surface area contributed by atoms with Crippen LogP contribution in [-0.2, 0) is 42.9 Å². The molecule has 1 amide bonds. The van der Waals surface area contributed by atoms with E-state index in [1.165, 1.54) is 55.6 Å². The quantitative estimate of drug-likeness (QED) is 0.0215. The van der Waals surface area contributed by atoms with Gasteiger partial charge in [-0.05, 0) is 78.4 Å². The van der Waals surface area contributed by atoms with Crippen LogP contribution >= 0.6 is 23.5 Å². The summed E-state index contributed by atoms with van der Waals surface area (Å²) in [6.07, 6.45) is 18.7. The van der Waals surface area contributed by atoms with Gasteiger partial charge in [-0.2, -0.15) is 0 Å². The number of esters is 3. The Balaban J connectivity index is 0.000000657. The van der Waals surface area contributed by atoms with Crippen LogP contribution in [-0.4, -0.2) is 105 Å². The molecule has 1 aliphatic rings. The normalized spacial score (nSPS) is 13.6. The molecule has 0 spiro atoms. The van der Waals surface area contributed by atoms with Gasteiger partial charge in [0.15, 0.2) is 10.2 Å². The van der Waals surface area contributed by atoms with Gasteiger partial charge in [0, 0.05) is 46.4 Å². The maximum atomic E-state index is 13.6. The predicted molar refractivity (Wildman–Crippen MR) is 324 cm³/mol. The zero-order chi connectivity index (χ0) is 57.1. The maximum absolute atomic E-state index is 13.6. The van der Waals surface area contributed by atoms with Crippen molar-refractivity contribution in [2.24, 2.45) is 5.92 Å². The second-order valence-corrected chi connectivity index (χ2v) is 36.4. The summed E-state index contributed by atoms with van der Waals surface area (Å²) in [5, 5.41) is 13.0. The minimum atomic E-state index is -1.40. The Bertz CT molecular complexity index is 2070. The summed E-state index contributed by atoms with van der Waals surface area (Å²) in [6, 6.07) is 17.0. The molecule has 2 aromatic carbocycles. The molecule has 0 aromatic heterocycles. The minimum Gasteiger partial charge on any atom is -0.466 e. The summed E-state index contributed by atoms with van der Waals surface area (Å²) >= 11 is 2.67. The van der Waals surface area contributed by atoms with Gasteiger partial charge in [-0.15, -0.1) is 0 Å². The van der Waals surface area contributed by atoms with Crippen LogP contribution in [0.3, 0.4) is 0 Å². The number of thioether (sulfide) groups is 2. The third kappa shape index (κ3) is 33.3. The molecule has 0 aliphatic heterocycles. The molecule has 432 valence electrons. The van der Waals surface area contributed by atoms with Crippen molar-refractivity contribution in [3.8, 4) is 11.1 Å². The minimum absolute atomic E-state index is 0.00790. The molecule has 16 heteroatoms. The van der Waals surface area contributed by atoms with Gasteiger partial charge in [0.1, 0.15) is 18.8 Å². The molecular formula is C61H97NO11S2Si2. The Morgan fingerprint density at radius 3 is 1.58 bits per heavy atom. The molecule has 3 rings (SSSR count). The lowest BCUT2D eigenvalue weighted by Crippen LogP contribution is -2.44. The fraction of sp³-hybridized carbons (Fsp3) is 0.639. The lowest BCUT2D eigenvalue weighted by atomic mass is 9.98. The average molecular weight is 1140 g/mol. The molecule has 2 N–H and O–H groups in total. The number of ether oxygens (including phenoxy) is 4. The largest absolute Gasteiger partial charge is 0.466 e. The molecule has 0 bridgehead atoms. The molecule has 77 heavy (non-hydrogen) atoms. The van der Waals surface area contributed by atoms with Gasteiger partial charge in [0.25, 0.3) is 0 Å². The number of hydrogen-bond acceptors (Lipinski definition) is 13. The topological polar surface area (TPSA) is 172 Å². The first-order chi connectivity index (χ1) is 36.6.